The SMILES string of the molecule is COC(=O)c1nc(N2CCCCCC2)nc2c1CCNC2. The molecule has 2 aliphatic rings. The molecule has 0 aliphatic carbocycles. The van der Waals surface area contributed by atoms with Gasteiger partial charge in [-0.1, -0.05) is 12.8 Å². The zero-order valence-corrected chi connectivity index (χ0v) is 12.5. The number of ether oxygens (including phenoxy) is 1. The average molecular weight is 290 g/mol. The highest BCUT2D eigenvalue weighted by atomic mass is 16.5. The Morgan fingerprint density at radius 1 is 1.19 bits per heavy atom. The fraction of sp³-hybridized carbons (Fsp3) is 0.667. The van der Waals surface area contributed by atoms with Crippen LogP contribution >= 0.6 is 0 Å². The van der Waals surface area contributed by atoms with Crippen molar-refractivity contribution in [3.63, 3.8) is 0 Å². The average Bonchev–Trinajstić information content (AvgIpc) is 2.82. The summed E-state index contributed by atoms with van der Waals surface area (Å²) >= 11 is 0. The molecule has 6 nitrogen and oxygen atoms in total. The Kier molecular flexibility index (Phi) is 4.34. The van der Waals surface area contributed by atoms with Gasteiger partial charge in [0.05, 0.1) is 12.8 Å². The second-order valence-corrected chi connectivity index (χ2v) is 5.62. The van der Waals surface area contributed by atoms with Crippen molar-refractivity contribution >= 4 is 11.9 Å². The van der Waals surface area contributed by atoms with Gasteiger partial charge in [-0.3, -0.25) is 0 Å². The van der Waals surface area contributed by atoms with E-state index in [9.17, 15) is 4.79 Å². The number of carbonyl (C=O) groups excluding carboxylic acids is 1. The van der Waals surface area contributed by atoms with Crippen LogP contribution in [-0.2, 0) is 17.7 Å². The van der Waals surface area contributed by atoms with Crippen LogP contribution < -0.4 is 10.2 Å². The predicted molar refractivity (Wildman–Crippen MR) is 79.5 cm³/mol. The van der Waals surface area contributed by atoms with Crippen molar-refractivity contribution < 1.29 is 9.53 Å². The van der Waals surface area contributed by atoms with Gasteiger partial charge >= 0.3 is 5.97 Å². The number of hydrogen-bond acceptors (Lipinski definition) is 6. The van der Waals surface area contributed by atoms with Crippen LogP contribution in [0.5, 0.6) is 0 Å². The minimum absolute atomic E-state index is 0.355. The van der Waals surface area contributed by atoms with Crippen molar-refractivity contribution in [3.05, 3.63) is 17.0 Å². The van der Waals surface area contributed by atoms with Gasteiger partial charge in [-0.15, -0.1) is 0 Å². The molecule has 0 unspecified atom stereocenters. The maximum Gasteiger partial charge on any atom is 0.357 e. The third kappa shape index (κ3) is 3.00. The summed E-state index contributed by atoms with van der Waals surface area (Å²) in [6.07, 6.45) is 5.61. The molecule has 3 rings (SSSR count). The van der Waals surface area contributed by atoms with E-state index < -0.39 is 0 Å². The third-order valence-electron chi connectivity index (χ3n) is 4.19. The maximum absolute atomic E-state index is 12.0. The predicted octanol–water partition coefficient (Wildman–Crippen LogP) is 1.29. The number of rotatable bonds is 2. The lowest BCUT2D eigenvalue weighted by Gasteiger charge is -2.24. The maximum atomic E-state index is 12.0. The van der Waals surface area contributed by atoms with Gasteiger partial charge in [0.15, 0.2) is 5.69 Å². The number of anilines is 1. The summed E-state index contributed by atoms with van der Waals surface area (Å²) in [6.45, 7) is 3.48. The van der Waals surface area contributed by atoms with Gasteiger partial charge in [0.1, 0.15) is 0 Å². The number of methoxy groups -OCH3 is 1. The zero-order valence-electron chi connectivity index (χ0n) is 12.5. The summed E-state index contributed by atoms with van der Waals surface area (Å²) in [5, 5.41) is 3.31. The van der Waals surface area contributed by atoms with Crippen LogP contribution in [0.2, 0.25) is 0 Å². The van der Waals surface area contributed by atoms with Crippen LogP contribution in [0.3, 0.4) is 0 Å². The summed E-state index contributed by atoms with van der Waals surface area (Å²) in [6, 6.07) is 0. The Hall–Kier alpha value is -1.69. The van der Waals surface area contributed by atoms with Crippen molar-refractivity contribution in [2.45, 2.75) is 38.6 Å². The van der Waals surface area contributed by atoms with E-state index in [0.717, 1.165) is 50.2 Å². The normalized spacial score (nSPS) is 18.8. The Bertz CT molecular complexity index is 525. The lowest BCUT2D eigenvalue weighted by Crippen LogP contribution is -2.32. The van der Waals surface area contributed by atoms with Gasteiger partial charge in [-0.05, 0) is 25.8 Å². The van der Waals surface area contributed by atoms with E-state index >= 15 is 0 Å². The first kappa shape index (κ1) is 14.3. The number of carbonyl (C=O) groups is 1. The van der Waals surface area contributed by atoms with Crippen LogP contribution in [0.25, 0.3) is 0 Å². The highest BCUT2D eigenvalue weighted by Crippen LogP contribution is 2.22. The molecular formula is C15H22N4O2. The zero-order chi connectivity index (χ0) is 14.7. The number of hydrogen-bond donors (Lipinski definition) is 1. The molecule has 1 fully saturated rings. The fourth-order valence-electron chi connectivity index (χ4n) is 3.02. The summed E-state index contributed by atoms with van der Waals surface area (Å²) in [7, 11) is 1.41. The van der Waals surface area contributed by atoms with Crippen molar-refractivity contribution in [2.24, 2.45) is 0 Å². The van der Waals surface area contributed by atoms with Crippen LogP contribution in [-0.4, -0.2) is 42.7 Å². The van der Waals surface area contributed by atoms with E-state index in [4.69, 9.17) is 9.72 Å². The summed E-state index contributed by atoms with van der Waals surface area (Å²) in [5.41, 5.74) is 2.33. The van der Waals surface area contributed by atoms with E-state index in [1.807, 2.05) is 0 Å². The molecular weight excluding hydrogens is 268 g/mol. The number of esters is 1. The molecule has 1 aromatic rings. The largest absolute Gasteiger partial charge is 0.464 e. The van der Waals surface area contributed by atoms with Crippen molar-refractivity contribution in [3.8, 4) is 0 Å². The topological polar surface area (TPSA) is 67.3 Å². The Morgan fingerprint density at radius 3 is 2.67 bits per heavy atom. The first-order valence-corrected chi connectivity index (χ1v) is 7.73. The molecule has 0 radical (unpaired) electrons. The smallest absolute Gasteiger partial charge is 0.357 e. The van der Waals surface area contributed by atoms with Crippen LogP contribution in [0, 0.1) is 0 Å². The second kappa shape index (κ2) is 6.39. The first-order valence-electron chi connectivity index (χ1n) is 7.73. The van der Waals surface area contributed by atoms with Crippen molar-refractivity contribution in [2.75, 3.05) is 31.6 Å². The number of nitrogens with zero attached hydrogens (tertiary/aromatic N) is 3. The van der Waals surface area contributed by atoms with Gasteiger partial charge in [0.2, 0.25) is 5.95 Å². The molecule has 0 atom stereocenters. The molecule has 1 saturated heterocycles. The highest BCUT2D eigenvalue weighted by molar-refractivity contribution is 5.89. The monoisotopic (exact) mass is 290 g/mol. The molecule has 21 heavy (non-hydrogen) atoms. The molecule has 1 aromatic heterocycles. The van der Waals surface area contributed by atoms with E-state index in [1.54, 1.807) is 0 Å². The molecule has 1 N–H and O–H groups in total. The number of nitrogens with one attached hydrogen (secondary N) is 1. The van der Waals surface area contributed by atoms with Gasteiger partial charge in [-0.2, -0.15) is 0 Å². The molecule has 114 valence electrons. The second-order valence-electron chi connectivity index (χ2n) is 5.62. The van der Waals surface area contributed by atoms with Gasteiger partial charge in [-0.25, -0.2) is 14.8 Å². The lowest BCUT2D eigenvalue weighted by atomic mass is 10.0. The first-order chi connectivity index (χ1) is 10.3. The van der Waals surface area contributed by atoms with E-state index in [2.05, 4.69) is 15.2 Å². The molecule has 0 amide bonds. The van der Waals surface area contributed by atoms with Gasteiger partial charge in [0.25, 0.3) is 0 Å². The molecule has 3 heterocycles. The van der Waals surface area contributed by atoms with Crippen molar-refractivity contribution in [1.29, 1.82) is 0 Å². The molecule has 2 aliphatic heterocycles. The standard InChI is InChI=1S/C15H22N4O2/c1-21-14(20)13-11-6-7-16-10-12(11)17-15(18-13)19-8-4-2-3-5-9-19/h16H,2-10H2,1H3. The van der Waals surface area contributed by atoms with E-state index in [0.29, 0.717) is 18.2 Å². The Morgan fingerprint density at radius 2 is 1.95 bits per heavy atom. The van der Waals surface area contributed by atoms with Crippen molar-refractivity contribution in [1.82, 2.24) is 15.3 Å². The molecule has 0 spiro atoms. The molecule has 0 saturated carbocycles. The van der Waals surface area contributed by atoms with Crippen LogP contribution in [0.15, 0.2) is 0 Å². The Labute approximate surface area is 124 Å². The minimum atomic E-state index is -0.355. The van der Waals surface area contributed by atoms with Crippen LogP contribution in [0.4, 0.5) is 5.95 Å². The summed E-state index contributed by atoms with van der Waals surface area (Å²) < 4.78 is 4.90. The minimum Gasteiger partial charge on any atom is -0.464 e. The Balaban J connectivity index is 1.98. The van der Waals surface area contributed by atoms with E-state index in [-0.39, 0.29) is 5.97 Å². The van der Waals surface area contributed by atoms with Crippen LogP contribution in [0.1, 0.15) is 47.4 Å². The summed E-state index contributed by atoms with van der Waals surface area (Å²) in [5.74, 6) is 0.325. The summed E-state index contributed by atoms with van der Waals surface area (Å²) in [4.78, 5) is 23.5. The number of fused-ring (bicyclic) bond motifs is 1. The van der Waals surface area contributed by atoms with Gasteiger partial charge < -0.3 is 15.0 Å². The van der Waals surface area contributed by atoms with E-state index in [1.165, 1.54) is 20.0 Å². The fourth-order valence-corrected chi connectivity index (χ4v) is 3.02. The lowest BCUT2D eigenvalue weighted by molar-refractivity contribution is 0.0592. The quantitative estimate of drug-likeness (QED) is 0.828. The number of aromatic nitrogens is 2. The highest BCUT2D eigenvalue weighted by Gasteiger charge is 2.24. The molecule has 6 heteroatoms. The third-order valence-corrected chi connectivity index (χ3v) is 4.19. The molecule has 0 bridgehead atoms. The van der Waals surface area contributed by atoms with Gasteiger partial charge in [0, 0.05) is 25.2 Å². The molecule has 0 aromatic carbocycles.